The van der Waals surface area contributed by atoms with Gasteiger partial charge in [-0.1, -0.05) is 18.7 Å². The second-order valence-corrected chi connectivity index (χ2v) is 6.03. The van der Waals surface area contributed by atoms with Crippen LogP contribution in [-0.2, 0) is 6.54 Å². The van der Waals surface area contributed by atoms with Crippen molar-refractivity contribution < 1.29 is 19.4 Å². The van der Waals surface area contributed by atoms with E-state index in [1.807, 2.05) is 25.1 Å². The minimum Gasteiger partial charge on any atom is -0.490 e. The zero-order chi connectivity index (χ0) is 18.2. The highest BCUT2D eigenvalue weighted by Crippen LogP contribution is 2.37. The molecule has 0 bridgehead atoms. The van der Waals surface area contributed by atoms with Gasteiger partial charge in [-0.25, -0.2) is 4.79 Å². The van der Waals surface area contributed by atoms with E-state index in [-0.39, 0.29) is 5.56 Å². The number of carboxylic acid groups (broad SMARTS) is 1. The number of rotatable bonds is 9. The standard InChI is InChI=1S/C19H20BrNO4/c1-3-8-25-18-16(20)9-13(10-17(18)24-4-2)12-21-15-7-5-6-14(11-15)19(22)23/h3,5-7,9-11,21H,1,4,8,12H2,2H3,(H,22,23). The van der Waals surface area contributed by atoms with Gasteiger partial charge in [0.2, 0.25) is 0 Å². The molecule has 0 saturated carbocycles. The van der Waals surface area contributed by atoms with Gasteiger partial charge in [-0.05, 0) is 58.7 Å². The van der Waals surface area contributed by atoms with Crippen LogP contribution in [0.4, 0.5) is 5.69 Å². The molecule has 0 spiro atoms. The van der Waals surface area contributed by atoms with Crippen molar-refractivity contribution in [3.8, 4) is 11.5 Å². The van der Waals surface area contributed by atoms with E-state index < -0.39 is 5.97 Å². The Kier molecular flexibility index (Phi) is 6.89. The van der Waals surface area contributed by atoms with Gasteiger partial charge >= 0.3 is 5.97 Å². The molecule has 0 amide bonds. The molecule has 132 valence electrons. The number of hydrogen-bond donors (Lipinski definition) is 2. The van der Waals surface area contributed by atoms with Gasteiger partial charge in [-0.3, -0.25) is 0 Å². The molecular weight excluding hydrogens is 386 g/mol. The molecule has 2 N–H and O–H groups in total. The maximum atomic E-state index is 11.0. The minimum atomic E-state index is -0.950. The Labute approximate surface area is 155 Å². The van der Waals surface area contributed by atoms with Crippen LogP contribution in [0.5, 0.6) is 11.5 Å². The fraction of sp³-hybridized carbons (Fsp3) is 0.211. The molecule has 0 aliphatic heterocycles. The number of halogens is 1. The Bertz CT molecular complexity index is 761. The third-order valence-electron chi connectivity index (χ3n) is 3.32. The van der Waals surface area contributed by atoms with Crippen LogP contribution < -0.4 is 14.8 Å². The molecule has 0 aromatic heterocycles. The van der Waals surface area contributed by atoms with Crippen molar-refractivity contribution in [1.82, 2.24) is 0 Å². The number of carbonyl (C=O) groups is 1. The topological polar surface area (TPSA) is 67.8 Å². The molecule has 0 heterocycles. The molecule has 2 aromatic carbocycles. The van der Waals surface area contributed by atoms with Gasteiger partial charge in [0.25, 0.3) is 0 Å². The Balaban J connectivity index is 2.17. The molecule has 0 fully saturated rings. The van der Waals surface area contributed by atoms with Gasteiger partial charge in [0, 0.05) is 12.2 Å². The summed E-state index contributed by atoms with van der Waals surface area (Å²) >= 11 is 3.51. The van der Waals surface area contributed by atoms with Crippen molar-refractivity contribution in [2.24, 2.45) is 0 Å². The van der Waals surface area contributed by atoms with Gasteiger partial charge in [0.1, 0.15) is 6.61 Å². The molecule has 0 aliphatic carbocycles. The number of nitrogens with one attached hydrogen (secondary N) is 1. The van der Waals surface area contributed by atoms with Crippen molar-refractivity contribution in [3.05, 3.63) is 64.7 Å². The summed E-state index contributed by atoms with van der Waals surface area (Å²) in [5.74, 6) is 0.335. The lowest BCUT2D eigenvalue weighted by Crippen LogP contribution is -2.04. The third-order valence-corrected chi connectivity index (χ3v) is 3.91. The maximum absolute atomic E-state index is 11.0. The first-order chi connectivity index (χ1) is 12.0. The summed E-state index contributed by atoms with van der Waals surface area (Å²) in [4.78, 5) is 11.0. The van der Waals surface area contributed by atoms with E-state index >= 15 is 0 Å². The molecule has 0 radical (unpaired) electrons. The smallest absolute Gasteiger partial charge is 0.335 e. The van der Waals surface area contributed by atoms with E-state index in [2.05, 4.69) is 27.8 Å². The summed E-state index contributed by atoms with van der Waals surface area (Å²) in [6.07, 6.45) is 1.67. The van der Waals surface area contributed by atoms with Gasteiger partial charge in [-0.2, -0.15) is 0 Å². The molecule has 2 rings (SSSR count). The summed E-state index contributed by atoms with van der Waals surface area (Å²) in [7, 11) is 0. The first kappa shape index (κ1) is 18.9. The van der Waals surface area contributed by atoms with Crippen LogP contribution >= 0.6 is 15.9 Å². The first-order valence-electron chi connectivity index (χ1n) is 7.81. The average molecular weight is 406 g/mol. The van der Waals surface area contributed by atoms with Crippen molar-refractivity contribution in [2.75, 3.05) is 18.5 Å². The third kappa shape index (κ3) is 5.26. The zero-order valence-electron chi connectivity index (χ0n) is 13.9. The van der Waals surface area contributed by atoms with Crippen LogP contribution in [0, 0.1) is 0 Å². The lowest BCUT2D eigenvalue weighted by Gasteiger charge is -2.15. The second kappa shape index (κ2) is 9.13. The SMILES string of the molecule is C=CCOc1c(Br)cc(CNc2cccc(C(=O)O)c2)cc1OCC. The first-order valence-corrected chi connectivity index (χ1v) is 8.60. The van der Waals surface area contributed by atoms with E-state index in [0.29, 0.717) is 31.3 Å². The van der Waals surface area contributed by atoms with Gasteiger partial charge in [-0.15, -0.1) is 0 Å². The molecule has 6 heteroatoms. The monoisotopic (exact) mass is 405 g/mol. The number of hydrogen-bond acceptors (Lipinski definition) is 4. The highest BCUT2D eigenvalue weighted by Gasteiger charge is 2.12. The van der Waals surface area contributed by atoms with Crippen molar-refractivity contribution >= 4 is 27.6 Å². The summed E-state index contributed by atoms with van der Waals surface area (Å²) in [5.41, 5.74) is 1.96. The molecule has 0 saturated heterocycles. The minimum absolute atomic E-state index is 0.245. The van der Waals surface area contributed by atoms with Crippen LogP contribution in [-0.4, -0.2) is 24.3 Å². The largest absolute Gasteiger partial charge is 0.490 e. The Hall–Kier alpha value is -2.47. The molecular formula is C19H20BrNO4. The Morgan fingerprint density at radius 2 is 2.12 bits per heavy atom. The zero-order valence-corrected chi connectivity index (χ0v) is 15.5. The van der Waals surface area contributed by atoms with Crippen LogP contribution in [0.25, 0.3) is 0 Å². The highest BCUT2D eigenvalue weighted by atomic mass is 79.9. The Morgan fingerprint density at radius 1 is 1.32 bits per heavy atom. The van der Waals surface area contributed by atoms with E-state index in [1.54, 1.807) is 24.3 Å². The van der Waals surface area contributed by atoms with Crippen molar-refractivity contribution in [3.63, 3.8) is 0 Å². The summed E-state index contributed by atoms with van der Waals surface area (Å²) in [6.45, 7) is 6.99. The normalized spacial score (nSPS) is 10.2. The summed E-state index contributed by atoms with van der Waals surface area (Å²) in [5, 5.41) is 12.3. The van der Waals surface area contributed by atoms with Crippen molar-refractivity contribution in [1.29, 1.82) is 0 Å². The quantitative estimate of drug-likeness (QED) is 0.590. The van der Waals surface area contributed by atoms with Crippen LogP contribution in [0.3, 0.4) is 0 Å². The summed E-state index contributed by atoms with van der Waals surface area (Å²) < 4.78 is 12.1. The van der Waals surface area contributed by atoms with Crippen molar-refractivity contribution in [2.45, 2.75) is 13.5 Å². The molecule has 0 aliphatic rings. The van der Waals surface area contributed by atoms with Crippen LogP contribution in [0.1, 0.15) is 22.8 Å². The molecule has 5 nitrogen and oxygen atoms in total. The predicted molar refractivity (Wildman–Crippen MR) is 102 cm³/mol. The molecule has 0 atom stereocenters. The van der Waals surface area contributed by atoms with Gasteiger partial charge in [0.15, 0.2) is 11.5 Å². The molecule has 25 heavy (non-hydrogen) atoms. The van der Waals surface area contributed by atoms with E-state index in [1.165, 1.54) is 0 Å². The number of anilines is 1. The predicted octanol–water partition coefficient (Wildman–Crippen LogP) is 4.72. The fourth-order valence-corrected chi connectivity index (χ4v) is 2.84. The lowest BCUT2D eigenvalue weighted by molar-refractivity contribution is 0.0697. The molecule has 0 unspecified atom stereocenters. The maximum Gasteiger partial charge on any atom is 0.335 e. The Morgan fingerprint density at radius 3 is 2.80 bits per heavy atom. The van der Waals surface area contributed by atoms with Gasteiger partial charge in [0.05, 0.1) is 16.6 Å². The van der Waals surface area contributed by atoms with E-state index in [4.69, 9.17) is 14.6 Å². The number of carboxylic acids is 1. The molecule has 2 aromatic rings. The number of aromatic carboxylic acids is 1. The summed E-state index contributed by atoms with van der Waals surface area (Å²) in [6, 6.07) is 10.5. The highest BCUT2D eigenvalue weighted by molar-refractivity contribution is 9.10. The van der Waals surface area contributed by atoms with Gasteiger partial charge < -0.3 is 19.9 Å². The van der Waals surface area contributed by atoms with Crippen LogP contribution in [0.2, 0.25) is 0 Å². The van der Waals surface area contributed by atoms with E-state index in [9.17, 15) is 4.79 Å². The number of benzene rings is 2. The van der Waals surface area contributed by atoms with Crippen LogP contribution in [0.15, 0.2) is 53.5 Å². The second-order valence-electron chi connectivity index (χ2n) is 5.18. The average Bonchev–Trinajstić information content (AvgIpc) is 2.60. The number of ether oxygens (including phenoxy) is 2. The van der Waals surface area contributed by atoms with E-state index in [0.717, 1.165) is 15.7 Å². The fourth-order valence-electron chi connectivity index (χ4n) is 2.24. The lowest BCUT2D eigenvalue weighted by atomic mass is 10.1.